The summed E-state index contributed by atoms with van der Waals surface area (Å²) in [6, 6.07) is 5.31. The number of ether oxygens (including phenoxy) is 7. The van der Waals surface area contributed by atoms with Crippen LogP contribution in [0.25, 0.3) is 0 Å². The van der Waals surface area contributed by atoms with Gasteiger partial charge in [0.05, 0.1) is 91.9 Å². The van der Waals surface area contributed by atoms with Gasteiger partial charge in [-0.25, -0.2) is 0 Å². The number of aliphatic hydroxyl groups is 1. The van der Waals surface area contributed by atoms with Crippen LogP contribution in [0.4, 0.5) is 0 Å². The summed E-state index contributed by atoms with van der Waals surface area (Å²) >= 11 is 0. The van der Waals surface area contributed by atoms with Crippen molar-refractivity contribution in [2.24, 2.45) is 0 Å². The van der Waals surface area contributed by atoms with Gasteiger partial charge in [0.15, 0.2) is 0 Å². The van der Waals surface area contributed by atoms with E-state index >= 15 is 0 Å². The van der Waals surface area contributed by atoms with Gasteiger partial charge in [-0.1, -0.05) is 57.9 Å². The van der Waals surface area contributed by atoms with Gasteiger partial charge in [0.25, 0.3) is 0 Å². The van der Waals surface area contributed by atoms with Crippen LogP contribution in [-0.2, 0) is 34.8 Å². The summed E-state index contributed by atoms with van der Waals surface area (Å²) in [4.78, 5) is 11.6. The molecule has 0 aliphatic carbocycles. The normalized spacial score (nSPS) is 11.0. The van der Waals surface area contributed by atoms with Crippen LogP contribution in [-0.4, -0.2) is 104 Å². The first kappa shape index (κ1) is 41.8. The Balaban J connectivity index is 0.0000168. The molecular formula is C31H53KO10. The topological polar surface area (TPSA) is 125 Å². The van der Waals surface area contributed by atoms with Crippen molar-refractivity contribution in [3.63, 3.8) is 0 Å². The van der Waals surface area contributed by atoms with E-state index in [0.717, 1.165) is 24.8 Å². The number of aromatic carboxylic acids is 1. The van der Waals surface area contributed by atoms with Crippen molar-refractivity contribution in [1.29, 1.82) is 0 Å². The third-order valence-electron chi connectivity index (χ3n) is 6.16. The van der Waals surface area contributed by atoms with Crippen LogP contribution in [0.1, 0.15) is 74.2 Å². The van der Waals surface area contributed by atoms with Gasteiger partial charge >= 0.3 is 51.4 Å². The maximum Gasteiger partial charge on any atom is 1.00 e. The molecule has 0 radical (unpaired) electrons. The Labute approximate surface area is 295 Å². The molecule has 0 bridgehead atoms. The van der Waals surface area contributed by atoms with Gasteiger partial charge in [-0.15, -0.1) is 0 Å². The van der Waals surface area contributed by atoms with E-state index in [2.05, 4.69) is 6.92 Å². The Morgan fingerprint density at radius 3 is 1.52 bits per heavy atom. The second kappa shape index (κ2) is 32.2. The van der Waals surface area contributed by atoms with Gasteiger partial charge < -0.3 is 48.2 Å². The molecular weight excluding hydrogens is 571 g/mol. The molecule has 1 aromatic carbocycles. The molecule has 1 aromatic rings. The Bertz CT molecular complexity index is 738. The maximum atomic E-state index is 11.6. The predicted molar refractivity (Wildman–Crippen MR) is 155 cm³/mol. The first-order chi connectivity index (χ1) is 20.2. The smallest absolute Gasteiger partial charge is 0.545 e. The van der Waals surface area contributed by atoms with E-state index in [0.29, 0.717) is 85.0 Å². The fraction of sp³-hybridized carbons (Fsp3) is 0.774. The van der Waals surface area contributed by atoms with Crippen molar-refractivity contribution >= 4 is 5.97 Å². The first-order valence-corrected chi connectivity index (χ1v) is 15.2. The molecule has 1 rings (SSSR count). The van der Waals surface area contributed by atoms with E-state index in [1.54, 1.807) is 12.1 Å². The molecule has 0 atom stereocenters. The zero-order valence-corrected chi connectivity index (χ0v) is 29.2. The summed E-state index contributed by atoms with van der Waals surface area (Å²) in [6.07, 6.45) is 10.8. The number of aliphatic hydroxyl groups excluding tert-OH is 1. The molecule has 1 N–H and O–H groups in total. The average Bonchev–Trinajstić information content (AvgIpc) is 2.97. The molecule has 42 heavy (non-hydrogen) atoms. The average molecular weight is 625 g/mol. The Hall–Kier alpha value is -0.154. The Kier molecular flexibility index (Phi) is 32.1. The monoisotopic (exact) mass is 624 g/mol. The molecule has 0 saturated heterocycles. The summed E-state index contributed by atoms with van der Waals surface area (Å²) in [7, 11) is 0. The minimum Gasteiger partial charge on any atom is -0.545 e. The maximum absolute atomic E-state index is 11.6. The number of aryl methyl sites for hydroxylation is 1. The molecule has 0 heterocycles. The second-order valence-corrected chi connectivity index (χ2v) is 9.59. The van der Waals surface area contributed by atoms with Gasteiger partial charge in [0.2, 0.25) is 0 Å². The van der Waals surface area contributed by atoms with Crippen molar-refractivity contribution in [1.82, 2.24) is 0 Å². The minimum absolute atomic E-state index is 0. The van der Waals surface area contributed by atoms with Crippen LogP contribution < -0.4 is 61.2 Å². The van der Waals surface area contributed by atoms with E-state index in [9.17, 15) is 9.90 Å². The van der Waals surface area contributed by atoms with E-state index in [1.165, 1.54) is 38.5 Å². The molecule has 0 amide bonds. The van der Waals surface area contributed by atoms with E-state index in [4.69, 9.17) is 38.3 Å². The largest absolute Gasteiger partial charge is 1.00 e. The number of hydrogen-bond donors (Lipinski definition) is 1. The molecule has 0 aliphatic rings. The molecule has 238 valence electrons. The molecule has 0 fully saturated rings. The minimum atomic E-state index is -1.23. The zero-order valence-electron chi connectivity index (χ0n) is 26.1. The first-order valence-electron chi connectivity index (χ1n) is 15.2. The number of carboxylic acids is 1. The fourth-order valence-corrected chi connectivity index (χ4v) is 3.96. The van der Waals surface area contributed by atoms with Gasteiger partial charge in [0, 0.05) is 5.56 Å². The van der Waals surface area contributed by atoms with Crippen LogP contribution in [0.5, 0.6) is 5.75 Å². The van der Waals surface area contributed by atoms with Crippen molar-refractivity contribution in [2.45, 2.75) is 64.7 Å². The van der Waals surface area contributed by atoms with Crippen LogP contribution in [0, 0.1) is 0 Å². The summed E-state index contributed by atoms with van der Waals surface area (Å²) in [5.74, 6) is -0.922. The predicted octanol–water partition coefficient (Wildman–Crippen LogP) is 0.208. The van der Waals surface area contributed by atoms with Crippen LogP contribution >= 0.6 is 0 Å². The van der Waals surface area contributed by atoms with E-state index < -0.39 is 5.97 Å². The van der Waals surface area contributed by atoms with Crippen molar-refractivity contribution in [3.8, 4) is 5.75 Å². The van der Waals surface area contributed by atoms with Crippen LogP contribution in [0.3, 0.4) is 0 Å². The number of carbonyl (C=O) groups excluding carboxylic acids is 1. The summed E-state index contributed by atoms with van der Waals surface area (Å²) in [6.45, 7) is 7.75. The quantitative estimate of drug-likeness (QED) is 0.0906. The van der Waals surface area contributed by atoms with Crippen molar-refractivity contribution in [2.75, 3.05) is 92.5 Å². The number of carbonyl (C=O) groups is 1. The van der Waals surface area contributed by atoms with Crippen molar-refractivity contribution in [3.05, 3.63) is 29.3 Å². The van der Waals surface area contributed by atoms with Crippen LogP contribution in [0.2, 0.25) is 0 Å². The number of hydrogen-bond acceptors (Lipinski definition) is 10. The van der Waals surface area contributed by atoms with Gasteiger partial charge in [-0.3, -0.25) is 0 Å². The molecule has 0 spiro atoms. The number of unbranched alkanes of at least 4 members (excludes halogenated alkanes) is 7. The van der Waals surface area contributed by atoms with Crippen LogP contribution in [0.15, 0.2) is 18.2 Å². The molecule has 0 unspecified atom stereocenters. The van der Waals surface area contributed by atoms with Gasteiger partial charge in [0.1, 0.15) is 12.4 Å². The third kappa shape index (κ3) is 25.2. The van der Waals surface area contributed by atoms with Crippen molar-refractivity contribution < 1.29 is 99.6 Å². The number of rotatable bonds is 31. The van der Waals surface area contributed by atoms with E-state index in [1.807, 2.05) is 6.07 Å². The second-order valence-electron chi connectivity index (χ2n) is 9.59. The Morgan fingerprint density at radius 2 is 1.07 bits per heavy atom. The standard InChI is InChI=1S/C31H54O10.K/c1-2-3-4-5-6-7-8-9-10-28-11-12-30(29(27-28)31(33)34)41-26-25-40-24-23-39-22-21-38-20-19-37-18-17-36-16-15-35-14-13-32;/h11-12,27,32H,2-10,13-26H2,1H3,(H,33,34);/q;+1/p-1. The van der Waals surface area contributed by atoms with Gasteiger partial charge in [-0.05, 0) is 30.5 Å². The molecule has 0 aliphatic heterocycles. The summed E-state index contributed by atoms with van der Waals surface area (Å²) in [5, 5.41) is 20.2. The van der Waals surface area contributed by atoms with E-state index in [-0.39, 0.29) is 70.2 Å². The number of benzene rings is 1. The summed E-state index contributed by atoms with van der Waals surface area (Å²) < 4.78 is 37.8. The fourth-order valence-electron chi connectivity index (χ4n) is 3.96. The molecule has 0 saturated carbocycles. The zero-order chi connectivity index (χ0) is 29.6. The number of carboxylic acid groups (broad SMARTS) is 1. The Morgan fingerprint density at radius 1 is 0.643 bits per heavy atom. The SMILES string of the molecule is CCCCCCCCCCc1ccc(OCCOCCOCCOCCOCCOCCOCCO)c(C(=O)[O-])c1.[K+]. The molecule has 11 heteroatoms. The third-order valence-corrected chi connectivity index (χ3v) is 6.16. The molecule has 10 nitrogen and oxygen atoms in total. The summed E-state index contributed by atoms with van der Waals surface area (Å²) in [5.41, 5.74) is 1.08. The van der Waals surface area contributed by atoms with Gasteiger partial charge in [-0.2, -0.15) is 0 Å². The molecule has 0 aromatic heterocycles.